The van der Waals surface area contributed by atoms with Gasteiger partial charge in [-0.25, -0.2) is 4.79 Å². The first-order valence-electron chi connectivity index (χ1n) is 11.3. The highest BCUT2D eigenvalue weighted by atomic mass is 16.4. The van der Waals surface area contributed by atoms with Crippen molar-refractivity contribution in [3.8, 4) is 0 Å². The molecule has 2 aliphatic rings. The largest absolute Gasteiger partial charge is 0.480 e. The zero-order valence-corrected chi connectivity index (χ0v) is 18.0. The second kappa shape index (κ2) is 7.30. The number of carboxylic acids is 1. The number of imide groups is 1. The van der Waals surface area contributed by atoms with Crippen molar-refractivity contribution in [3.05, 3.63) is 82.9 Å². The molecular weight excluding hydrogens is 416 g/mol. The van der Waals surface area contributed by atoms with Crippen LogP contribution in [-0.2, 0) is 24.2 Å². The Morgan fingerprint density at radius 3 is 2.24 bits per heavy atom. The third-order valence-corrected chi connectivity index (χ3v) is 7.04. The molecule has 2 heterocycles. The Morgan fingerprint density at radius 2 is 1.52 bits per heavy atom. The fourth-order valence-electron chi connectivity index (χ4n) is 5.52. The van der Waals surface area contributed by atoms with Crippen LogP contribution in [0.25, 0.3) is 21.8 Å². The van der Waals surface area contributed by atoms with Gasteiger partial charge >= 0.3 is 5.97 Å². The lowest BCUT2D eigenvalue weighted by Crippen LogP contribution is -2.47. The van der Waals surface area contributed by atoms with E-state index in [2.05, 4.69) is 18.2 Å². The Hall–Kier alpha value is -3.93. The minimum atomic E-state index is -1.31. The summed E-state index contributed by atoms with van der Waals surface area (Å²) < 4.78 is 1.96. The van der Waals surface area contributed by atoms with Crippen molar-refractivity contribution in [2.45, 2.75) is 38.3 Å². The molecule has 0 radical (unpaired) electrons. The van der Waals surface area contributed by atoms with Gasteiger partial charge in [-0.15, -0.1) is 0 Å². The van der Waals surface area contributed by atoms with Gasteiger partial charge in [-0.1, -0.05) is 36.4 Å². The number of para-hydroxylation sites is 1. The van der Waals surface area contributed by atoms with E-state index in [9.17, 15) is 19.5 Å². The van der Waals surface area contributed by atoms with Crippen LogP contribution in [0.5, 0.6) is 0 Å². The lowest BCUT2D eigenvalue weighted by molar-refractivity contribution is -0.142. The normalized spacial score (nSPS) is 16.3. The van der Waals surface area contributed by atoms with E-state index in [4.69, 9.17) is 0 Å². The molecule has 0 saturated carbocycles. The van der Waals surface area contributed by atoms with Crippen LogP contribution in [-0.4, -0.2) is 38.4 Å². The molecule has 6 heteroatoms. The minimum absolute atomic E-state index is 0.0103. The van der Waals surface area contributed by atoms with E-state index >= 15 is 0 Å². The lowest BCUT2D eigenvalue weighted by atomic mass is 9.88. The number of carbonyl (C=O) groups is 3. The molecule has 0 bridgehead atoms. The van der Waals surface area contributed by atoms with Crippen LogP contribution < -0.4 is 0 Å². The summed E-state index contributed by atoms with van der Waals surface area (Å²) in [5, 5.41) is 12.4. The van der Waals surface area contributed by atoms with Gasteiger partial charge in [0.05, 0.1) is 17.7 Å². The van der Waals surface area contributed by atoms with Crippen LogP contribution in [0, 0.1) is 0 Å². The number of fused-ring (bicyclic) bond motifs is 6. The van der Waals surface area contributed by atoms with E-state index in [0.717, 1.165) is 46.0 Å². The zero-order valence-electron chi connectivity index (χ0n) is 18.0. The third-order valence-electron chi connectivity index (χ3n) is 7.04. The van der Waals surface area contributed by atoms with Gasteiger partial charge in [0.15, 0.2) is 6.04 Å². The SMILES string of the molecule is O=C(O)C(Cn1c2ccccc2c2c3c(ccc21)CCCC3)N1C(=O)c2ccccc2C1=O. The quantitative estimate of drug-likeness (QED) is 0.478. The molecule has 1 atom stereocenters. The molecule has 6 nitrogen and oxygen atoms in total. The maximum absolute atomic E-state index is 13.0. The molecule has 0 saturated heterocycles. The topological polar surface area (TPSA) is 79.6 Å². The van der Waals surface area contributed by atoms with E-state index in [-0.39, 0.29) is 17.7 Å². The standard InChI is InChI=1S/C27H22N2O4/c30-25-18-9-3-4-10-19(18)26(31)29(25)23(27(32)33)15-28-21-12-6-5-11-20(21)24-17-8-2-1-7-16(17)13-14-22(24)28/h3-6,9-14,23H,1-2,7-8,15H2,(H,32,33). The highest BCUT2D eigenvalue weighted by Crippen LogP contribution is 2.37. The maximum Gasteiger partial charge on any atom is 0.328 e. The van der Waals surface area contributed by atoms with Crippen LogP contribution in [0.4, 0.5) is 0 Å². The third kappa shape index (κ3) is 2.83. The highest BCUT2D eigenvalue weighted by Gasteiger charge is 2.43. The molecular formula is C27H22N2O4. The smallest absolute Gasteiger partial charge is 0.328 e. The van der Waals surface area contributed by atoms with Crippen LogP contribution in [0.1, 0.15) is 44.7 Å². The molecule has 0 spiro atoms. The van der Waals surface area contributed by atoms with Gasteiger partial charge in [-0.2, -0.15) is 0 Å². The molecule has 2 amide bonds. The highest BCUT2D eigenvalue weighted by molar-refractivity contribution is 6.22. The average Bonchev–Trinajstić information content (AvgIpc) is 3.29. The van der Waals surface area contributed by atoms with E-state index in [1.165, 1.54) is 17.5 Å². The summed E-state index contributed by atoms with van der Waals surface area (Å²) >= 11 is 0. The molecule has 4 aromatic rings. The van der Waals surface area contributed by atoms with Crippen molar-refractivity contribution >= 4 is 39.6 Å². The Morgan fingerprint density at radius 1 is 0.848 bits per heavy atom. The molecule has 1 N–H and O–H groups in total. The zero-order chi connectivity index (χ0) is 22.7. The molecule has 3 aromatic carbocycles. The fourth-order valence-corrected chi connectivity index (χ4v) is 5.52. The molecule has 164 valence electrons. The van der Waals surface area contributed by atoms with Gasteiger partial charge in [0.25, 0.3) is 11.8 Å². The molecule has 1 aliphatic heterocycles. The number of nitrogens with zero attached hydrogens (tertiary/aromatic N) is 2. The van der Waals surface area contributed by atoms with E-state index in [1.807, 2.05) is 22.8 Å². The van der Waals surface area contributed by atoms with Crippen LogP contribution in [0.3, 0.4) is 0 Å². The number of aryl methyl sites for hydroxylation is 2. The predicted molar refractivity (Wildman–Crippen MR) is 124 cm³/mol. The second-order valence-electron chi connectivity index (χ2n) is 8.81. The Kier molecular flexibility index (Phi) is 4.37. The minimum Gasteiger partial charge on any atom is -0.480 e. The Bertz CT molecular complexity index is 1450. The van der Waals surface area contributed by atoms with Crippen molar-refractivity contribution in [1.82, 2.24) is 9.47 Å². The van der Waals surface area contributed by atoms with Crippen molar-refractivity contribution in [3.63, 3.8) is 0 Å². The molecule has 1 unspecified atom stereocenters. The number of carboxylic acid groups (broad SMARTS) is 1. The number of benzene rings is 3. The van der Waals surface area contributed by atoms with Gasteiger partial charge < -0.3 is 9.67 Å². The van der Waals surface area contributed by atoms with Crippen molar-refractivity contribution in [2.24, 2.45) is 0 Å². The summed E-state index contributed by atoms with van der Waals surface area (Å²) in [5.74, 6) is -2.31. The van der Waals surface area contributed by atoms with Gasteiger partial charge in [0.2, 0.25) is 0 Å². The van der Waals surface area contributed by atoms with Crippen LogP contribution in [0.15, 0.2) is 60.7 Å². The molecule has 1 aliphatic carbocycles. The number of hydrogen-bond donors (Lipinski definition) is 1. The molecule has 1 aromatic heterocycles. The summed E-state index contributed by atoms with van der Waals surface area (Å²) in [7, 11) is 0. The summed E-state index contributed by atoms with van der Waals surface area (Å²) in [4.78, 5) is 39.4. The molecule has 33 heavy (non-hydrogen) atoms. The number of rotatable bonds is 4. The van der Waals surface area contributed by atoms with E-state index < -0.39 is 23.8 Å². The summed E-state index contributed by atoms with van der Waals surface area (Å²) in [6, 6.07) is 17.4. The number of amides is 2. The van der Waals surface area contributed by atoms with Crippen molar-refractivity contribution < 1.29 is 19.5 Å². The summed E-state index contributed by atoms with van der Waals surface area (Å²) in [6.07, 6.45) is 4.37. The average molecular weight is 438 g/mol. The number of aliphatic carboxylic acids is 1. The lowest BCUT2D eigenvalue weighted by Gasteiger charge is -2.24. The Balaban J connectivity index is 1.51. The van der Waals surface area contributed by atoms with Crippen molar-refractivity contribution in [1.29, 1.82) is 0 Å². The number of aromatic nitrogens is 1. The van der Waals surface area contributed by atoms with Crippen LogP contribution in [0.2, 0.25) is 0 Å². The number of carbonyl (C=O) groups excluding carboxylic acids is 2. The van der Waals surface area contributed by atoms with Gasteiger partial charge in [-0.3, -0.25) is 14.5 Å². The maximum atomic E-state index is 13.0. The Labute approximate surface area is 190 Å². The number of hydrogen-bond acceptors (Lipinski definition) is 3. The fraction of sp³-hybridized carbons (Fsp3) is 0.222. The van der Waals surface area contributed by atoms with E-state index in [1.54, 1.807) is 24.3 Å². The van der Waals surface area contributed by atoms with Crippen molar-refractivity contribution in [2.75, 3.05) is 0 Å². The van der Waals surface area contributed by atoms with Gasteiger partial charge in [0, 0.05) is 21.8 Å². The van der Waals surface area contributed by atoms with Crippen LogP contribution >= 0.6 is 0 Å². The molecule has 0 fully saturated rings. The molecule has 6 rings (SSSR count). The predicted octanol–water partition coefficient (Wildman–Crippen LogP) is 4.42. The first-order chi connectivity index (χ1) is 16.1. The van der Waals surface area contributed by atoms with E-state index in [0.29, 0.717) is 0 Å². The first-order valence-corrected chi connectivity index (χ1v) is 11.3. The van der Waals surface area contributed by atoms with Gasteiger partial charge in [0.1, 0.15) is 0 Å². The first kappa shape index (κ1) is 19.7. The monoisotopic (exact) mass is 438 g/mol. The summed E-state index contributed by atoms with van der Waals surface area (Å²) in [6.45, 7) is -0.0103. The van der Waals surface area contributed by atoms with Gasteiger partial charge in [-0.05, 0) is 61.1 Å². The summed E-state index contributed by atoms with van der Waals surface area (Å²) in [5.41, 5.74) is 5.05. The second-order valence-corrected chi connectivity index (χ2v) is 8.81.